The molecule has 2 aromatic rings. The van der Waals surface area contributed by atoms with Crippen LogP contribution in [0.4, 0.5) is 18.9 Å². The lowest BCUT2D eigenvalue weighted by molar-refractivity contribution is -0.0781. The first-order chi connectivity index (χ1) is 16.4. The monoisotopic (exact) mass is 531 g/mol. The highest BCUT2D eigenvalue weighted by molar-refractivity contribution is 7.92. The lowest BCUT2D eigenvalue weighted by Crippen LogP contribution is -2.49. The number of aliphatic hydroxyl groups excluding tert-OH is 1. The molecule has 0 spiro atoms. The van der Waals surface area contributed by atoms with Crippen molar-refractivity contribution >= 4 is 33.0 Å². The molecule has 2 aliphatic rings. The Kier molecular flexibility index (Phi) is 6.95. The van der Waals surface area contributed by atoms with E-state index >= 15 is 0 Å². The van der Waals surface area contributed by atoms with Gasteiger partial charge in [-0.25, -0.2) is 21.6 Å². The number of sulfone groups is 1. The van der Waals surface area contributed by atoms with Gasteiger partial charge in [-0.2, -0.15) is 0 Å². The number of fused-ring (bicyclic) bond motifs is 2. The first-order valence-electron chi connectivity index (χ1n) is 11.2. The third kappa shape index (κ3) is 4.57. The van der Waals surface area contributed by atoms with Crippen molar-refractivity contribution in [2.24, 2.45) is 17.8 Å². The van der Waals surface area contributed by atoms with E-state index in [1.54, 1.807) is 0 Å². The van der Waals surface area contributed by atoms with Gasteiger partial charge >= 0.3 is 0 Å². The van der Waals surface area contributed by atoms with Crippen molar-refractivity contribution in [1.82, 2.24) is 0 Å². The molecule has 4 rings (SSSR count). The van der Waals surface area contributed by atoms with Gasteiger partial charge in [0.15, 0.2) is 27.3 Å². The summed E-state index contributed by atoms with van der Waals surface area (Å²) in [6.45, 7) is 1.76. The van der Waals surface area contributed by atoms with E-state index in [0.29, 0.717) is 18.6 Å². The van der Waals surface area contributed by atoms with E-state index in [0.717, 1.165) is 6.07 Å². The molecule has 2 fully saturated rings. The number of carbonyl (C=O) groups is 1. The van der Waals surface area contributed by atoms with Crippen LogP contribution >= 0.6 is 11.6 Å². The fourth-order valence-electron chi connectivity index (χ4n) is 5.74. The number of anilines is 1. The topological polar surface area (TPSA) is 104 Å². The molecule has 3 N–H and O–H groups in total. The first-order valence-corrected chi connectivity index (χ1v) is 13.1. The minimum atomic E-state index is -4.01. The molecule has 1 unspecified atom stereocenters. The highest BCUT2D eigenvalue weighted by atomic mass is 35.5. The summed E-state index contributed by atoms with van der Waals surface area (Å²) in [5.74, 6) is -6.02. The van der Waals surface area contributed by atoms with Crippen molar-refractivity contribution in [2.45, 2.75) is 48.4 Å². The van der Waals surface area contributed by atoms with Crippen LogP contribution in [0.5, 0.6) is 0 Å². The van der Waals surface area contributed by atoms with Gasteiger partial charge < -0.3 is 15.5 Å². The van der Waals surface area contributed by atoms with Gasteiger partial charge in [0.2, 0.25) is 0 Å². The smallest absolute Gasteiger partial charge is 0.255 e. The second kappa shape index (κ2) is 9.38. The molecule has 0 aromatic heterocycles. The Balaban J connectivity index is 1.61. The van der Waals surface area contributed by atoms with Crippen LogP contribution in [-0.4, -0.2) is 42.0 Å². The lowest BCUT2D eigenvalue weighted by Gasteiger charge is -2.43. The Morgan fingerprint density at radius 1 is 1.14 bits per heavy atom. The van der Waals surface area contributed by atoms with Crippen LogP contribution in [0.3, 0.4) is 0 Å². The summed E-state index contributed by atoms with van der Waals surface area (Å²) in [6.07, 6.45) is 1.21. The van der Waals surface area contributed by atoms with E-state index in [-0.39, 0.29) is 64.8 Å². The normalized spacial score (nSPS) is 28.2. The number of carbonyl (C=O) groups excluding carboxylic acids is 1. The lowest BCUT2D eigenvalue weighted by atomic mass is 9.71. The SMILES string of the molecule is C[C@H]1CC2C[C@@H](S(=O)(=O)c3cc(C(=O)Nc4cc(F)c(F)c(F)c4)ccc3Cl)C[C@H]1[C@@]2(O)CCO. The zero-order chi connectivity index (χ0) is 25.7. The fourth-order valence-corrected chi connectivity index (χ4v) is 8.12. The number of nitrogens with one attached hydrogen (secondary N) is 1. The molecule has 11 heteroatoms. The largest absolute Gasteiger partial charge is 0.396 e. The maximum atomic E-state index is 13.6. The Labute approximate surface area is 206 Å². The van der Waals surface area contributed by atoms with Crippen LogP contribution in [0.25, 0.3) is 0 Å². The average molecular weight is 532 g/mol. The third-order valence-corrected chi connectivity index (χ3v) is 10.1. The Bertz CT molecular complexity index is 1250. The molecule has 190 valence electrons. The van der Waals surface area contributed by atoms with Crippen LogP contribution in [0.15, 0.2) is 35.2 Å². The zero-order valence-electron chi connectivity index (χ0n) is 18.8. The molecular formula is C24H25ClF3NO5S. The molecule has 1 amide bonds. The van der Waals surface area contributed by atoms with Gasteiger partial charge in [-0.3, -0.25) is 4.79 Å². The standard InChI is InChI=1S/C24H25ClF3NO5S/c1-12-6-14-8-16(11-17(12)24(14,32)4-5-30)35(33,34)21-7-13(2-3-18(21)25)23(31)29-15-9-19(26)22(28)20(27)10-15/h2-3,7,9-10,12,14,16-17,30,32H,4-6,8,11H2,1H3,(H,29,31)/t12-,14?,16+,17+,24+/m0/s1. The van der Waals surface area contributed by atoms with Crippen LogP contribution in [0.1, 0.15) is 43.0 Å². The Morgan fingerprint density at radius 3 is 2.40 bits per heavy atom. The number of hydrogen-bond acceptors (Lipinski definition) is 5. The highest BCUT2D eigenvalue weighted by Crippen LogP contribution is 2.56. The second-order valence-corrected chi connectivity index (χ2v) is 12.1. The molecular weight excluding hydrogens is 507 g/mol. The number of aliphatic hydroxyl groups is 2. The van der Waals surface area contributed by atoms with E-state index < -0.39 is 44.0 Å². The van der Waals surface area contributed by atoms with Crippen molar-refractivity contribution in [3.05, 3.63) is 58.4 Å². The van der Waals surface area contributed by atoms with Gasteiger partial charge in [-0.1, -0.05) is 18.5 Å². The summed E-state index contributed by atoms with van der Waals surface area (Å²) in [5, 5.41) is 21.9. The van der Waals surface area contributed by atoms with Crippen LogP contribution in [-0.2, 0) is 9.84 Å². The van der Waals surface area contributed by atoms with E-state index in [1.807, 2.05) is 6.92 Å². The van der Waals surface area contributed by atoms with Crippen LogP contribution in [0.2, 0.25) is 5.02 Å². The molecule has 0 radical (unpaired) electrons. The second-order valence-electron chi connectivity index (χ2n) is 9.47. The van der Waals surface area contributed by atoms with Crippen molar-refractivity contribution in [3.63, 3.8) is 0 Å². The summed E-state index contributed by atoms with van der Waals surface area (Å²) >= 11 is 6.21. The molecule has 35 heavy (non-hydrogen) atoms. The molecule has 2 saturated carbocycles. The van der Waals surface area contributed by atoms with Gasteiger partial charge in [-0.05, 0) is 61.6 Å². The van der Waals surface area contributed by atoms with Crippen molar-refractivity contribution in [3.8, 4) is 0 Å². The van der Waals surface area contributed by atoms with Crippen molar-refractivity contribution < 1.29 is 36.6 Å². The third-order valence-electron chi connectivity index (χ3n) is 7.45. The predicted molar refractivity (Wildman–Crippen MR) is 123 cm³/mol. The maximum absolute atomic E-state index is 13.6. The van der Waals surface area contributed by atoms with Crippen LogP contribution < -0.4 is 5.32 Å². The van der Waals surface area contributed by atoms with Crippen molar-refractivity contribution in [1.29, 1.82) is 0 Å². The van der Waals surface area contributed by atoms with Gasteiger partial charge in [0.25, 0.3) is 5.91 Å². The number of benzene rings is 2. The van der Waals surface area contributed by atoms with E-state index in [1.165, 1.54) is 12.1 Å². The molecule has 0 heterocycles. The predicted octanol–water partition coefficient (Wildman–Crippen LogP) is 4.33. The van der Waals surface area contributed by atoms with Gasteiger partial charge in [0.05, 0.1) is 20.8 Å². The first kappa shape index (κ1) is 25.9. The van der Waals surface area contributed by atoms with Crippen molar-refractivity contribution in [2.75, 3.05) is 11.9 Å². The quantitative estimate of drug-likeness (QED) is 0.481. The summed E-state index contributed by atoms with van der Waals surface area (Å²) in [7, 11) is -4.01. The van der Waals surface area contributed by atoms with E-state index in [9.17, 15) is 36.6 Å². The fraction of sp³-hybridized carbons (Fsp3) is 0.458. The zero-order valence-corrected chi connectivity index (χ0v) is 20.3. The van der Waals surface area contributed by atoms with Gasteiger partial charge in [0, 0.05) is 30.0 Å². The highest BCUT2D eigenvalue weighted by Gasteiger charge is 2.58. The molecule has 2 bridgehead atoms. The Hall–Kier alpha value is -2.14. The summed E-state index contributed by atoms with van der Waals surface area (Å²) in [5.41, 5.74) is -1.58. The number of rotatable bonds is 6. The summed E-state index contributed by atoms with van der Waals surface area (Å²) in [4.78, 5) is 12.4. The molecule has 0 aliphatic heterocycles. The minimum absolute atomic E-state index is 0.0841. The average Bonchev–Trinajstić information content (AvgIpc) is 2.90. The minimum Gasteiger partial charge on any atom is -0.396 e. The van der Waals surface area contributed by atoms with Gasteiger partial charge in [-0.15, -0.1) is 0 Å². The maximum Gasteiger partial charge on any atom is 0.255 e. The molecule has 6 nitrogen and oxygen atoms in total. The van der Waals surface area contributed by atoms with E-state index in [2.05, 4.69) is 5.32 Å². The molecule has 2 aliphatic carbocycles. The summed E-state index contributed by atoms with van der Waals surface area (Å²) < 4.78 is 67.3. The summed E-state index contributed by atoms with van der Waals surface area (Å²) in [6, 6.07) is 4.83. The number of hydrogen-bond donors (Lipinski definition) is 3. The van der Waals surface area contributed by atoms with Crippen LogP contribution in [0, 0.1) is 35.2 Å². The number of amides is 1. The van der Waals surface area contributed by atoms with Gasteiger partial charge in [0.1, 0.15) is 0 Å². The number of halogens is 4. The molecule has 5 atom stereocenters. The molecule has 2 aromatic carbocycles. The molecule has 0 saturated heterocycles. The Morgan fingerprint density at radius 2 is 1.80 bits per heavy atom. The van der Waals surface area contributed by atoms with E-state index in [4.69, 9.17) is 11.6 Å².